The maximum atomic E-state index is 9.70. The highest BCUT2D eigenvalue weighted by atomic mass is 16.3. The second-order valence-corrected chi connectivity index (χ2v) is 10.4. The van der Waals surface area contributed by atoms with Gasteiger partial charge in [-0.05, 0) is 73.1 Å². The van der Waals surface area contributed by atoms with Gasteiger partial charge >= 0.3 is 0 Å². The van der Waals surface area contributed by atoms with Crippen LogP contribution in [0.25, 0.3) is 88.3 Å². The van der Waals surface area contributed by atoms with Gasteiger partial charge in [0.05, 0.1) is 30.2 Å². The van der Waals surface area contributed by atoms with Crippen LogP contribution in [0.15, 0.2) is 186 Å². The highest BCUT2D eigenvalue weighted by Gasteiger charge is 2.24. The van der Waals surface area contributed by atoms with Crippen LogP contribution in [0, 0.1) is 0 Å². The van der Waals surface area contributed by atoms with E-state index in [0.717, 1.165) is 0 Å². The fraction of sp³-hybridized carbons (Fsp3) is 0. The first-order valence-corrected chi connectivity index (χ1v) is 14.3. The summed E-state index contributed by atoms with van der Waals surface area (Å²) in [5.41, 5.74) is -2.83. The Hall–Kier alpha value is -6.18. The molecule has 0 bridgehead atoms. The average Bonchev–Trinajstić information content (AvgIpc) is 3.71. The lowest BCUT2D eigenvalue weighted by atomic mass is 9.84. The largest absolute Gasteiger partial charge is 0.455 e. The Morgan fingerprint density at radius 2 is 0.894 bits per heavy atom. The summed E-state index contributed by atoms with van der Waals surface area (Å²) in [6.07, 6.45) is 0. The lowest BCUT2D eigenvalue weighted by Crippen LogP contribution is -1.91. The number of hydrogen-bond donors (Lipinski definition) is 0. The lowest BCUT2D eigenvalue weighted by Gasteiger charge is -2.18. The third-order valence-corrected chi connectivity index (χ3v) is 7.77. The van der Waals surface area contributed by atoms with E-state index in [2.05, 4.69) is 0 Å². The van der Waals surface area contributed by atoms with Crippen molar-refractivity contribution in [2.45, 2.75) is 0 Å². The van der Waals surface area contributed by atoms with Gasteiger partial charge < -0.3 is 4.42 Å². The molecule has 0 amide bonds. The van der Waals surface area contributed by atoms with Crippen molar-refractivity contribution in [2.24, 2.45) is 0 Å². The van der Waals surface area contributed by atoms with Crippen LogP contribution in [-0.2, 0) is 0 Å². The van der Waals surface area contributed by atoms with Gasteiger partial charge in [-0.2, -0.15) is 0 Å². The second-order valence-electron chi connectivity index (χ2n) is 10.4. The summed E-state index contributed by atoms with van der Waals surface area (Å²) < 4.78 is 202. The van der Waals surface area contributed by atoms with Crippen molar-refractivity contribution in [1.82, 2.24) is 0 Å². The number of hydrogen-bond acceptors (Lipinski definition) is 1. The molecule has 0 saturated heterocycles. The Balaban J connectivity index is 1.59. The standard InChI is InChI=1S/C46H30O/c1-4-15-31(16-5-1)34-21-14-22-36(29-34)46-45(41-28-27-35(30-42(41)47-46)32-17-6-2-7-18-32)44-39-25-12-10-23-37(39)43(33-19-8-3-9-20-33)38-24-11-13-26-40(38)44/h1-30H/i1D,2D,4D,5D,6D,7D,10D,11D,12D,13D,14D,15D,16D,17D,18D,21D,22D,23D,24D,25D,26D,29D. The summed E-state index contributed by atoms with van der Waals surface area (Å²) >= 11 is 0. The van der Waals surface area contributed by atoms with E-state index >= 15 is 0 Å². The topological polar surface area (TPSA) is 13.1 Å². The van der Waals surface area contributed by atoms with E-state index in [-0.39, 0.29) is 60.3 Å². The van der Waals surface area contributed by atoms with Crippen LogP contribution in [0.3, 0.4) is 0 Å². The Morgan fingerprint density at radius 3 is 1.53 bits per heavy atom. The zero-order valence-corrected chi connectivity index (χ0v) is 24.0. The molecule has 1 nitrogen and oxygen atoms in total. The fourth-order valence-electron chi connectivity index (χ4n) is 5.80. The van der Waals surface area contributed by atoms with E-state index in [1.165, 1.54) is 18.2 Å². The third kappa shape index (κ3) is 4.64. The monoisotopic (exact) mass is 620 g/mol. The molecule has 0 spiro atoms. The van der Waals surface area contributed by atoms with Crippen molar-refractivity contribution in [3.63, 3.8) is 0 Å². The highest BCUT2D eigenvalue weighted by Crippen LogP contribution is 2.50. The molecule has 0 radical (unpaired) electrons. The van der Waals surface area contributed by atoms with Gasteiger partial charge in [0.2, 0.25) is 0 Å². The maximum Gasteiger partial charge on any atom is 0.143 e. The Bertz CT molecular complexity index is 3670. The molecular weight excluding hydrogens is 569 g/mol. The van der Waals surface area contributed by atoms with Gasteiger partial charge in [-0.15, -0.1) is 0 Å². The van der Waals surface area contributed by atoms with Gasteiger partial charge in [0.15, 0.2) is 0 Å². The van der Waals surface area contributed by atoms with Gasteiger partial charge in [-0.25, -0.2) is 0 Å². The van der Waals surface area contributed by atoms with Gasteiger partial charge in [-0.3, -0.25) is 0 Å². The lowest BCUT2D eigenvalue weighted by molar-refractivity contribution is 0.632. The molecule has 220 valence electrons. The van der Waals surface area contributed by atoms with Crippen LogP contribution in [0.1, 0.15) is 30.2 Å². The molecular formula is C46H30O. The minimum atomic E-state index is -0.910. The van der Waals surface area contributed by atoms with Crippen molar-refractivity contribution in [1.29, 1.82) is 0 Å². The number of benzene rings is 8. The first-order valence-electron chi connectivity index (χ1n) is 25.3. The SMILES string of the molecule is [2H]c1c([2H])c([2H])c(-c2ccc3c(-c4c5c([2H])c([2H])c([2H])c([2H])c5c(-c5ccccc5)c5c([2H])c([2H])c([2H])c([2H])c45)c(-c4c([2H])c([2H])c([2H])c(-c5c([2H])c([2H])c([2H])c([2H])c5[2H])c4[2H])oc3c2)c([2H])c1[2H]. The Kier molecular flexibility index (Phi) is 3.11. The molecule has 8 aromatic carbocycles. The van der Waals surface area contributed by atoms with Crippen LogP contribution in [0.4, 0.5) is 0 Å². The van der Waals surface area contributed by atoms with E-state index < -0.39 is 155 Å². The average molecular weight is 621 g/mol. The summed E-state index contributed by atoms with van der Waals surface area (Å²) in [4.78, 5) is 0. The van der Waals surface area contributed by atoms with E-state index in [1.54, 1.807) is 30.3 Å². The molecule has 9 rings (SSSR count). The van der Waals surface area contributed by atoms with Crippen molar-refractivity contribution in [3.05, 3.63) is 181 Å². The predicted molar refractivity (Wildman–Crippen MR) is 198 cm³/mol. The number of rotatable bonds is 5. The molecule has 1 heteroatoms. The third-order valence-electron chi connectivity index (χ3n) is 7.77. The predicted octanol–water partition coefficient (Wildman–Crippen LogP) is 13.1. The molecule has 1 heterocycles. The highest BCUT2D eigenvalue weighted by molar-refractivity contribution is 6.25. The molecule has 0 N–H and O–H groups in total. The van der Waals surface area contributed by atoms with Gasteiger partial charge in [0, 0.05) is 22.1 Å². The van der Waals surface area contributed by atoms with E-state index in [1.807, 2.05) is 0 Å². The smallest absolute Gasteiger partial charge is 0.143 e. The molecule has 0 fully saturated rings. The van der Waals surface area contributed by atoms with E-state index in [9.17, 15) is 8.22 Å². The van der Waals surface area contributed by atoms with Crippen LogP contribution in [0.5, 0.6) is 0 Å². The summed E-state index contributed by atoms with van der Waals surface area (Å²) in [7, 11) is 0. The van der Waals surface area contributed by atoms with Gasteiger partial charge in [0.25, 0.3) is 0 Å². The van der Waals surface area contributed by atoms with Crippen LogP contribution >= 0.6 is 0 Å². The van der Waals surface area contributed by atoms with Crippen molar-refractivity contribution in [2.75, 3.05) is 0 Å². The van der Waals surface area contributed by atoms with E-state index in [0.29, 0.717) is 5.56 Å². The molecule has 0 atom stereocenters. The zero-order chi connectivity index (χ0) is 50.3. The molecule has 0 saturated carbocycles. The second kappa shape index (κ2) is 11.3. The Morgan fingerprint density at radius 1 is 0.362 bits per heavy atom. The van der Waals surface area contributed by atoms with Crippen LogP contribution in [0.2, 0.25) is 0 Å². The summed E-state index contributed by atoms with van der Waals surface area (Å²) in [6, 6.07) is -4.36. The van der Waals surface area contributed by atoms with Gasteiger partial charge in [0.1, 0.15) is 11.3 Å². The molecule has 0 aliphatic carbocycles. The first kappa shape index (κ1) is 12.9. The fourth-order valence-corrected chi connectivity index (χ4v) is 5.80. The summed E-state index contributed by atoms with van der Waals surface area (Å²) in [5, 5.41) is -1.10. The maximum absolute atomic E-state index is 9.70. The summed E-state index contributed by atoms with van der Waals surface area (Å²) in [5.74, 6) is -0.574. The molecule has 0 aliphatic heterocycles. The number of furan rings is 1. The van der Waals surface area contributed by atoms with Crippen LogP contribution in [-0.4, -0.2) is 0 Å². The normalized spacial score (nSPS) is 18.0. The molecule has 0 aliphatic rings. The van der Waals surface area contributed by atoms with Crippen molar-refractivity contribution < 1.29 is 34.6 Å². The molecule has 47 heavy (non-hydrogen) atoms. The molecule has 0 unspecified atom stereocenters. The summed E-state index contributed by atoms with van der Waals surface area (Å²) in [6.45, 7) is 0. The van der Waals surface area contributed by atoms with Crippen molar-refractivity contribution in [3.8, 4) is 55.8 Å². The van der Waals surface area contributed by atoms with Crippen molar-refractivity contribution >= 4 is 32.5 Å². The van der Waals surface area contributed by atoms with Crippen LogP contribution < -0.4 is 0 Å². The molecule has 1 aromatic heterocycles. The Labute approximate surface area is 304 Å². The zero-order valence-electron chi connectivity index (χ0n) is 46.0. The van der Waals surface area contributed by atoms with Gasteiger partial charge in [-0.1, -0.05) is 163 Å². The minimum absolute atomic E-state index is 0.000915. The number of fused-ring (bicyclic) bond motifs is 3. The minimum Gasteiger partial charge on any atom is -0.455 e. The quantitative estimate of drug-likeness (QED) is 0.174. The molecule has 9 aromatic rings. The van der Waals surface area contributed by atoms with E-state index in [4.69, 9.17) is 26.3 Å². The first-order chi connectivity index (χ1) is 32.5.